The van der Waals surface area contributed by atoms with Crippen LogP contribution in [-0.4, -0.2) is 28.4 Å². The van der Waals surface area contributed by atoms with Crippen LogP contribution in [0, 0.1) is 3.57 Å². The second-order valence-corrected chi connectivity index (χ2v) is 9.95. The number of carbonyl (C=O) groups excluding carboxylic acids is 1. The van der Waals surface area contributed by atoms with Gasteiger partial charge in [-0.1, -0.05) is 34.5 Å². The molecule has 1 heterocycles. The van der Waals surface area contributed by atoms with E-state index in [4.69, 9.17) is 16.3 Å². The van der Waals surface area contributed by atoms with Crippen molar-refractivity contribution in [2.45, 2.75) is 13.3 Å². The Morgan fingerprint density at radius 3 is 2.69 bits per heavy atom. The molecule has 35 heavy (non-hydrogen) atoms. The Bertz CT molecular complexity index is 1490. The fourth-order valence-corrected chi connectivity index (χ4v) is 4.44. The van der Waals surface area contributed by atoms with Crippen LogP contribution in [0.15, 0.2) is 75.0 Å². The molecule has 0 saturated carbocycles. The molecular formula is C25H19BrClIN4O3. The van der Waals surface area contributed by atoms with Crippen molar-refractivity contribution in [1.82, 2.24) is 9.66 Å². The number of aromatic nitrogens is 2. The number of nitrogens with one attached hydrogen (secondary N) is 1. The summed E-state index contributed by atoms with van der Waals surface area (Å²) in [6.45, 7) is 1.79. The Balaban J connectivity index is 1.48. The highest BCUT2D eigenvalue weighted by atomic mass is 127. The number of fused-ring (bicyclic) bond motifs is 1. The van der Waals surface area contributed by atoms with Crippen molar-refractivity contribution >= 4 is 78.8 Å². The first-order valence-electron chi connectivity index (χ1n) is 10.6. The van der Waals surface area contributed by atoms with Gasteiger partial charge in [-0.2, -0.15) is 9.78 Å². The molecule has 1 amide bonds. The average Bonchev–Trinajstić information content (AvgIpc) is 2.84. The van der Waals surface area contributed by atoms with Gasteiger partial charge in [-0.25, -0.2) is 4.98 Å². The minimum absolute atomic E-state index is 0.139. The van der Waals surface area contributed by atoms with Crippen LogP contribution in [0.25, 0.3) is 10.9 Å². The van der Waals surface area contributed by atoms with E-state index in [0.717, 1.165) is 13.6 Å². The molecule has 0 aliphatic carbocycles. The van der Waals surface area contributed by atoms with E-state index < -0.39 is 0 Å². The van der Waals surface area contributed by atoms with Crippen LogP contribution in [-0.2, 0) is 11.2 Å². The summed E-state index contributed by atoms with van der Waals surface area (Å²) in [5.74, 6) is 0.857. The van der Waals surface area contributed by atoms with Gasteiger partial charge in [0.2, 0.25) is 0 Å². The average molecular weight is 666 g/mol. The zero-order chi connectivity index (χ0) is 24.9. The third kappa shape index (κ3) is 6.28. The number of hydrogen-bond donors (Lipinski definition) is 1. The highest BCUT2D eigenvalue weighted by Crippen LogP contribution is 2.22. The molecule has 1 N–H and O–H groups in total. The number of ether oxygens (including phenoxy) is 1. The number of nitrogens with zero attached hydrogens (tertiary/aromatic N) is 3. The van der Waals surface area contributed by atoms with Crippen LogP contribution in [0.2, 0.25) is 5.02 Å². The predicted molar refractivity (Wildman–Crippen MR) is 151 cm³/mol. The summed E-state index contributed by atoms with van der Waals surface area (Å²) in [6.07, 6.45) is 2.16. The highest BCUT2D eigenvalue weighted by Gasteiger charge is 2.10. The van der Waals surface area contributed by atoms with Gasteiger partial charge in [-0.3, -0.25) is 9.59 Å². The summed E-state index contributed by atoms with van der Waals surface area (Å²) in [7, 11) is 0. The largest absolute Gasteiger partial charge is 0.483 e. The molecule has 178 valence electrons. The van der Waals surface area contributed by atoms with Gasteiger partial charge in [0.1, 0.15) is 11.6 Å². The third-order valence-electron chi connectivity index (χ3n) is 4.96. The Morgan fingerprint density at radius 1 is 1.20 bits per heavy atom. The van der Waals surface area contributed by atoms with Crippen LogP contribution < -0.4 is 15.6 Å². The van der Waals surface area contributed by atoms with E-state index in [2.05, 4.69) is 53.9 Å². The fraction of sp³-hybridized carbons (Fsp3) is 0.120. The number of benzene rings is 3. The lowest BCUT2D eigenvalue weighted by molar-refractivity contribution is -0.118. The van der Waals surface area contributed by atoms with Crippen molar-refractivity contribution in [3.63, 3.8) is 0 Å². The molecule has 0 unspecified atom stereocenters. The van der Waals surface area contributed by atoms with Crippen LogP contribution in [0.5, 0.6) is 5.75 Å². The molecular weight excluding hydrogens is 647 g/mol. The van der Waals surface area contributed by atoms with Crippen LogP contribution in [0.1, 0.15) is 18.3 Å². The molecule has 4 aromatic rings. The lowest BCUT2D eigenvalue weighted by Crippen LogP contribution is -2.22. The van der Waals surface area contributed by atoms with Crippen LogP contribution in [0.3, 0.4) is 0 Å². The number of halogens is 3. The van der Waals surface area contributed by atoms with Gasteiger partial charge in [0, 0.05) is 21.6 Å². The van der Waals surface area contributed by atoms with Crippen LogP contribution >= 0.6 is 50.1 Å². The number of amides is 1. The maximum Gasteiger partial charge on any atom is 0.282 e. The minimum Gasteiger partial charge on any atom is -0.483 e. The molecule has 0 radical (unpaired) electrons. The van der Waals surface area contributed by atoms with Gasteiger partial charge in [-0.15, -0.1) is 0 Å². The summed E-state index contributed by atoms with van der Waals surface area (Å²) < 4.78 is 8.60. The first-order valence-corrected chi connectivity index (χ1v) is 12.8. The van der Waals surface area contributed by atoms with Gasteiger partial charge in [0.15, 0.2) is 6.61 Å². The highest BCUT2D eigenvalue weighted by molar-refractivity contribution is 14.1. The van der Waals surface area contributed by atoms with Crippen molar-refractivity contribution in [3.05, 3.63) is 95.5 Å². The fourth-order valence-electron chi connectivity index (χ4n) is 3.26. The summed E-state index contributed by atoms with van der Waals surface area (Å²) in [5, 5.41) is 8.25. The van der Waals surface area contributed by atoms with Crippen molar-refractivity contribution in [2.75, 3.05) is 11.9 Å². The Hall–Kier alpha value is -2.76. The number of carbonyl (C=O) groups is 1. The van der Waals surface area contributed by atoms with E-state index in [9.17, 15) is 9.59 Å². The smallest absolute Gasteiger partial charge is 0.282 e. The van der Waals surface area contributed by atoms with Crippen LogP contribution in [0.4, 0.5) is 5.69 Å². The molecule has 3 aromatic carbocycles. The van der Waals surface area contributed by atoms with Gasteiger partial charge >= 0.3 is 0 Å². The van der Waals surface area contributed by atoms with E-state index in [1.165, 1.54) is 4.68 Å². The van der Waals surface area contributed by atoms with Crippen molar-refractivity contribution in [1.29, 1.82) is 0 Å². The Kier molecular flexibility index (Phi) is 8.19. The topological polar surface area (TPSA) is 85.6 Å². The summed E-state index contributed by atoms with van der Waals surface area (Å²) in [4.78, 5) is 29.8. The van der Waals surface area contributed by atoms with Gasteiger partial charge in [0.25, 0.3) is 11.5 Å². The number of aryl methyl sites for hydroxylation is 1. The predicted octanol–water partition coefficient (Wildman–Crippen LogP) is 5.88. The lowest BCUT2D eigenvalue weighted by atomic mass is 10.2. The number of hydrogen-bond acceptors (Lipinski definition) is 5. The van der Waals surface area contributed by atoms with Crippen molar-refractivity contribution in [3.8, 4) is 5.75 Å². The molecule has 0 fully saturated rings. The first-order chi connectivity index (χ1) is 16.8. The third-order valence-corrected chi connectivity index (χ3v) is 6.54. The van der Waals surface area contributed by atoms with Gasteiger partial charge < -0.3 is 10.1 Å². The quantitative estimate of drug-likeness (QED) is 0.198. The van der Waals surface area contributed by atoms with E-state index in [0.29, 0.717) is 39.6 Å². The Morgan fingerprint density at radius 2 is 1.97 bits per heavy atom. The zero-order valence-corrected chi connectivity index (χ0v) is 23.0. The summed E-state index contributed by atoms with van der Waals surface area (Å²) in [5.41, 5.74) is 1.82. The molecule has 0 spiro atoms. The number of anilines is 1. The van der Waals surface area contributed by atoms with E-state index in [1.807, 2.05) is 25.1 Å². The molecule has 1 aromatic heterocycles. The lowest BCUT2D eigenvalue weighted by Gasteiger charge is -2.10. The molecule has 4 rings (SSSR count). The molecule has 0 saturated heterocycles. The second-order valence-electron chi connectivity index (χ2n) is 7.44. The molecule has 0 aliphatic rings. The van der Waals surface area contributed by atoms with Gasteiger partial charge in [0.05, 0.1) is 20.7 Å². The van der Waals surface area contributed by atoms with Gasteiger partial charge in [-0.05, 0) is 88.8 Å². The molecule has 10 heteroatoms. The molecule has 0 bridgehead atoms. The first kappa shape index (κ1) is 25.3. The molecule has 7 nitrogen and oxygen atoms in total. The van der Waals surface area contributed by atoms with E-state index >= 15 is 0 Å². The van der Waals surface area contributed by atoms with E-state index in [1.54, 1.807) is 48.7 Å². The zero-order valence-electron chi connectivity index (χ0n) is 18.5. The van der Waals surface area contributed by atoms with Crippen molar-refractivity contribution in [2.24, 2.45) is 5.10 Å². The SMILES string of the molecule is CCc1nc2ccc(Br)cc2c(=O)n1N=Cc1ccc(OCC(=O)Nc2ccc(Cl)cc2)c(I)c1. The maximum atomic E-state index is 13.0. The maximum absolute atomic E-state index is 13.0. The number of rotatable bonds is 7. The standard InChI is InChI=1S/C25H19BrClIN4O3/c1-2-23-31-21-9-4-16(26)12-19(21)25(34)32(23)29-13-15-3-10-22(20(28)11-15)35-14-24(33)30-18-7-5-17(27)6-8-18/h3-13H,2,14H2,1H3,(H,30,33). The minimum atomic E-state index is -0.282. The molecule has 0 aliphatic heterocycles. The normalized spacial score (nSPS) is 11.2. The second kappa shape index (κ2) is 11.3. The Labute approximate surface area is 228 Å². The molecule has 0 atom stereocenters. The van der Waals surface area contributed by atoms with E-state index in [-0.39, 0.29) is 18.1 Å². The summed E-state index contributed by atoms with van der Waals surface area (Å²) in [6, 6.07) is 17.7. The summed E-state index contributed by atoms with van der Waals surface area (Å²) >= 11 is 11.4. The monoisotopic (exact) mass is 664 g/mol. The van der Waals surface area contributed by atoms with Crippen molar-refractivity contribution < 1.29 is 9.53 Å².